The summed E-state index contributed by atoms with van der Waals surface area (Å²) in [4.78, 5) is 12.4. The van der Waals surface area contributed by atoms with E-state index in [1.54, 1.807) is 24.3 Å². The molecular formula is C18H18N4O5S2. The van der Waals surface area contributed by atoms with Gasteiger partial charge in [-0.2, -0.15) is 4.31 Å². The summed E-state index contributed by atoms with van der Waals surface area (Å²) in [6, 6.07) is 9.57. The molecule has 1 saturated heterocycles. The van der Waals surface area contributed by atoms with Gasteiger partial charge in [0.2, 0.25) is 15.9 Å². The lowest BCUT2D eigenvalue weighted by molar-refractivity contribution is -0.113. The number of hydrogen-bond acceptors (Lipinski definition) is 8. The molecule has 1 N–H and O–H groups in total. The van der Waals surface area contributed by atoms with Crippen molar-refractivity contribution >= 4 is 33.4 Å². The van der Waals surface area contributed by atoms with Crippen molar-refractivity contribution in [3.8, 4) is 11.7 Å². The monoisotopic (exact) mass is 434 g/mol. The molecule has 152 valence electrons. The van der Waals surface area contributed by atoms with E-state index in [1.165, 1.54) is 22.7 Å². The number of amides is 1. The second-order valence-electron chi connectivity index (χ2n) is 6.32. The zero-order valence-electron chi connectivity index (χ0n) is 15.3. The number of nitrogens with one attached hydrogen (secondary N) is 1. The van der Waals surface area contributed by atoms with E-state index in [0.29, 0.717) is 24.5 Å². The van der Waals surface area contributed by atoms with Gasteiger partial charge in [0.05, 0.1) is 16.9 Å². The molecule has 4 rings (SSSR count). The van der Waals surface area contributed by atoms with Gasteiger partial charge in [-0.15, -0.1) is 10.2 Å². The molecule has 0 saturated carbocycles. The van der Waals surface area contributed by atoms with E-state index in [4.69, 9.17) is 8.83 Å². The van der Waals surface area contributed by atoms with Crippen molar-refractivity contribution in [3.63, 3.8) is 0 Å². The van der Waals surface area contributed by atoms with E-state index in [-0.39, 0.29) is 27.7 Å². The average molecular weight is 434 g/mol. The summed E-state index contributed by atoms with van der Waals surface area (Å²) in [6.07, 6.45) is 3.27. The van der Waals surface area contributed by atoms with E-state index in [2.05, 4.69) is 15.5 Å². The number of carbonyl (C=O) groups is 1. The molecule has 1 aromatic carbocycles. The minimum atomic E-state index is -3.47. The van der Waals surface area contributed by atoms with Gasteiger partial charge < -0.3 is 14.2 Å². The quantitative estimate of drug-likeness (QED) is 0.564. The van der Waals surface area contributed by atoms with E-state index in [9.17, 15) is 13.2 Å². The smallest absolute Gasteiger partial charge is 0.284 e. The highest BCUT2D eigenvalue weighted by atomic mass is 32.2. The zero-order chi connectivity index (χ0) is 20.3. The number of aromatic nitrogens is 2. The first-order valence-electron chi connectivity index (χ1n) is 8.92. The van der Waals surface area contributed by atoms with Gasteiger partial charge in [-0.1, -0.05) is 11.8 Å². The molecule has 29 heavy (non-hydrogen) atoms. The second kappa shape index (κ2) is 8.39. The van der Waals surface area contributed by atoms with Crippen LogP contribution in [0.3, 0.4) is 0 Å². The molecule has 1 amide bonds. The Hall–Kier alpha value is -2.63. The third-order valence-electron chi connectivity index (χ3n) is 4.31. The normalized spacial score (nSPS) is 14.9. The summed E-state index contributed by atoms with van der Waals surface area (Å²) in [5, 5.41) is 10.7. The largest absolute Gasteiger partial charge is 0.459 e. The average Bonchev–Trinajstić information content (AvgIpc) is 3.49. The van der Waals surface area contributed by atoms with Crippen molar-refractivity contribution < 1.29 is 22.0 Å². The predicted molar refractivity (Wildman–Crippen MR) is 106 cm³/mol. The molecule has 0 radical (unpaired) electrons. The first-order valence-corrected chi connectivity index (χ1v) is 11.4. The van der Waals surface area contributed by atoms with Crippen LogP contribution in [0, 0.1) is 0 Å². The van der Waals surface area contributed by atoms with Crippen LogP contribution in [-0.4, -0.2) is 47.7 Å². The molecule has 0 bridgehead atoms. The molecule has 1 aliphatic rings. The van der Waals surface area contributed by atoms with Gasteiger partial charge in [0, 0.05) is 18.8 Å². The molecule has 9 nitrogen and oxygen atoms in total. The second-order valence-corrected chi connectivity index (χ2v) is 9.19. The SMILES string of the molecule is O=C(CSc1nnc(-c2ccco2)o1)Nc1ccc(S(=O)(=O)N2CCCC2)cc1. The molecule has 3 aromatic rings. The maximum Gasteiger partial charge on any atom is 0.284 e. The number of furan rings is 1. The van der Waals surface area contributed by atoms with Gasteiger partial charge >= 0.3 is 0 Å². The number of anilines is 1. The third-order valence-corrected chi connectivity index (χ3v) is 7.04. The Morgan fingerprint density at radius 3 is 2.59 bits per heavy atom. The summed E-state index contributed by atoms with van der Waals surface area (Å²) in [7, 11) is -3.47. The molecule has 0 unspecified atom stereocenters. The number of hydrogen-bond donors (Lipinski definition) is 1. The minimum absolute atomic E-state index is 0.0631. The molecule has 3 heterocycles. The van der Waals surface area contributed by atoms with Crippen LogP contribution < -0.4 is 5.32 Å². The van der Waals surface area contributed by atoms with Gasteiger partial charge in [0.1, 0.15) is 0 Å². The van der Waals surface area contributed by atoms with Crippen LogP contribution in [0.4, 0.5) is 5.69 Å². The van der Waals surface area contributed by atoms with Gasteiger partial charge in [-0.3, -0.25) is 4.79 Å². The summed E-state index contributed by atoms with van der Waals surface area (Å²) >= 11 is 1.09. The fourth-order valence-electron chi connectivity index (χ4n) is 2.88. The Labute approximate surface area is 171 Å². The Morgan fingerprint density at radius 2 is 1.90 bits per heavy atom. The molecule has 11 heteroatoms. The molecule has 0 atom stereocenters. The number of carbonyl (C=O) groups excluding carboxylic acids is 1. The van der Waals surface area contributed by atoms with E-state index < -0.39 is 10.0 Å². The number of rotatable bonds is 7. The minimum Gasteiger partial charge on any atom is -0.459 e. The predicted octanol–water partition coefficient (Wildman–Crippen LogP) is 2.84. The van der Waals surface area contributed by atoms with Crippen LogP contribution in [0.25, 0.3) is 11.7 Å². The van der Waals surface area contributed by atoms with Gasteiger partial charge in [0.15, 0.2) is 5.76 Å². The van der Waals surface area contributed by atoms with Crippen molar-refractivity contribution in [2.75, 3.05) is 24.2 Å². The lowest BCUT2D eigenvalue weighted by Gasteiger charge is -2.15. The van der Waals surface area contributed by atoms with Crippen LogP contribution in [0.1, 0.15) is 12.8 Å². The lowest BCUT2D eigenvalue weighted by atomic mass is 10.3. The highest BCUT2D eigenvalue weighted by Crippen LogP contribution is 2.24. The number of thioether (sulfide) groups is 1. The Balaban J connectivity index is 1.32. The van der Waals surface area contributed by atoms with E-state index in [0.717, 1.165) is 24.6 Å². The standard InChI is InChI=1S/C18H18N4O5S2/c23-16(12-28-18-21-20-17(27-18)15-4-3-11-26-15)19-13-5-7-14(8-6-13)29(24,25)22-9-1-2-10-22/h3-8,11H,1-2,9-10,12H2,(H,19,23). The van der Waals surface area contributed by atoms with Gasteiger partial charge in [-0.05, 0) is 49.2 Å². The fourth-order valence-corrected chi connectivity index (χ4v) is 4.96. The number of nitrogens with zero attached hydrogens (tertiary/aromatic N) is 3. The highest BCUT2D eigenvalue weighted by Gasteiger charge is 2.26. The molecular weight excluding hydrogens is 416 g/mol. The van der Waals surface area contributed by atoms with Crippen LogP contribution in [0.5, 0.6) is 0 Å². The van der Waals surface area contributed by atoms with Crippen LogP contribution in [0.15, 0.2) is 61.6 Å². The molecule has 0 spiro atoms. The summed E-state index contributed by atoms with van der Waals surface area (Å²) in [6.45, 7) is 1.10. The third kappa shape index (κ3) is 4.52. The number of sulfonamides is 1. The van der Waals surface area contributed by atoms with Crippen molar-refractivity contribution in [2.24, 2.45) is 0 Å². The van der Waals surface area contributed by atoms with Crippen LogP contribution in [0.2, 0.25) is 0 Å². The molecule has 1 fully saturated rings. The first-order chi connectivity index (χ1) is 14.0. The first kappa shape index (κ1) is 19.7. The lowest BCUT2D eigenvalue weighted by Crippen LogP contribution is -2.27. The molecule has 1 aliphatic heterocycles. The maximum absolute atomic E-state index is 12.5. The maximum atomic E-state index is 12.5. The Kier molecular flexibility index (Phi) is 5.69. The van der Waals surface area contributed by atoms with E-state index in [1.807, 2.05) is 0 Å². The van der Waals surface area contributed by atoms with Gasteiger partial charge in [0.25, 0.3) is 11.1 Å². The van der Waals surface area contributed by atoms with Crippen LogP contribution >= 0.6 is 11.8 Å². The van der Waals surface area contributed by atoms with Crippen molar-refractivity contribution in [1.29, 1.82) is 0 Å². The van der Waals surface area contributed by atoms with E-state index >= 15 is 0 Å². The Bertz CT molecular complexity index is 1070. The Morgan fingerprint density at radius 1 is 1.14 bits per heavy atom. The molecule has 2 aromatic heterocycles. The van der Waals surface area contributed by atoms with Crippen molar-refractivity contribution in [3.05, 3.63) is 42.7 Å². The van der Waals surface area contributed by atoms with Crippen LogP contribution in [-0.2, 0) is 14.8 Å². The topological polar surface area (TPSA) is 119 Å². The summed E-state index contributed by atoms with van der Waals surface area (Å²) < 4.78 is 37.1. The fraction of sp³-hybridized carbons (Fsp3) is 0.278. The summed E-state index contributed by atoms with van der Waals surface area (Å²) in [5.74, 6) is 0.488. The zero-order valence-corrected chi connectivity index (χ0v) is 16.9. The summed E-state index contributed by atoms with van der Waals surface area (Å²) in [5.41, 5.74) is 0.512. The highest BCUT2D eigenvalue weighted by molar-refractivity contribution is 7.99. The van der Waals surface area contributed by atoms with Crippen molar-refractivity contribution in [1.82, 2.24) is 14.5 Å². The van der Waals surface area contributed by atoms with Crippen molar-refractivity contribution in [2.45, 2.75) is 23.0 Å². The van der Waals surface area contributed by atoms with Gasteiger partial charge in [-0.25, -0.2) is 8.42 Å². The molecule has 0 aliphatic carbocycles. The number of benzene rings is 1.